The number of anilines is 1. The van der Waals surface area contributed by atoms with Crippen molar-refractivity contribution in [2.24, 2.45) is 0 Å². The Hall–Kier alpha value is -3.15. The number of hydrogen-bond acceptors (Lipinski definition) is 5. The standard InChI is InChI=1S/C17H16N4O2/c1-23-14(22)11-19-17-15(12-7-9-18-10-8-12)16(20-21-17)13-5-3-2-4-6-13/h2-10H,11H2,1H3,(H2,19,20,21). The number of nitrogens with one attached hydrogen (secondary N) is 2. The Morgan fingerprint density at radius 2 is 1.87 bits per heavy atom. The molecule has 3 rings (SSSR count). The Bertz CT molecular complexity index is 785. The number of benzene rings is 1. The lowest BCUT2D eigenvalue weighted by Crippen LogP contribution is -2.15. The normalized spacial score (nSPS) is 10.3. The van der Waals surface area contributed by atoms with Crippen molar-refractivity contribution >= 4 is 11.8 Å². The maximum absolute atomic E-state index is 11.4. The highest BCUT2D eigenvalue weighted by Crippen LogP contribution is 2.35. The molecule has 0 aliphatic carbocycles. The second kappa shape index (κ2) is 6.74. The Kier molecular flexibility index (Phi) is 4.33. The SMILES string of the molecule is COC(=O)CNc1n[nH]c(-c2ccccc2)c1-c1ccncc1. The molecule has 0 amide bonds. The molecular weight excluding hydrogens is 292 g/mol. The average molecular weight is 308 g/mol. The van der Waals surface area contributed by atoms with E-state index in [0.717, 1.165) is 22.4 Å². The van der Waals surface area contributed by atoms with Crippen molar-refractivity contribution in [3.05, 3.63) is 54.9 Å². The van der Waals surface area contributed by atoms with Crippen LogP contribution in [0.1, 0.15) is 0 Å². The van der Waals surface area contributed by atoms with Crippen LogP contribution >= 0.6 is 0 Å². The Morgan fingerprint density at radius 1 is 1.13 bits per heavy atom. The summed E-state index contributed by atoms with van der Waals surface area (Å²) in [6, 6.07) is 13.7. The number of carbonyl (C=O) groups is 1. The van der Waals surface area contributed by atoms with E-state index < -0.39 is 0 Å². The lowest BCUT2D eigenvalue weighted by molar-refractivity contribution is -0.138. The van der Waals surface area contributed by atoms with Crippen LogP contribution in [-0.2, 0) is 9.53 Å². The Labute approximate surface area is 133 Å². The van der Waals surface area contributed by atoms with Gasteiger partial charge in [-0.25, -0.2) is 0 Å². The molecule has 6 heteroatoms. The van der Waals surface area contributed by atoms with Gasteiger partial charge in [0.25, 0.3) is 0 Å². The third kappa shape index (κ3) is 3.21. The van der Waals surface area contributed by atoms with E-state index in [-0.39, 0.29) is 12.5 Å². The smallest absolute Gasteiger partial charge is 0.325 e. The molecule has 0 atom stereocenters. The minimum Gasteiger partial charge on any atom is -0.468 e. The minimum atomic E-state index is -0.352. The molecule has 0 aliphatic rings. The molecule has 2 aromatic heterocycles. The summed E-state index contributed by atoms with van der Waals surface area (Å²) in [7, 11) is 1.35. The van der Waals surface area contributed by atoms with Crippen molar-refractivity contribution in [3.63, 3.8) is 0 Å². The van der Waals surface area contributed by atoms with Crippen molar-refractivity contribution in [1.82, 2.24) is 15.2 Å². The maximum Gasteiger partial charge on any atom is 0.325 e. The first-order valence-electron chi connectivity index (χ1n) is 7.14. The number of esters is 1. The summed E-state index contributed by atoms with van der Waals surface area (Å²) < 4.78 is 4.66. The van der Waals surface area contributed by atoms with Crippen LogP contribution in [0.15, 0.2) is 54.9 Å². The predicted octanol–water partition coefficient (Wildman–Crippen LogP) is 2.72. The number of aromatic nitrogens is 3. The van der Waals surface area contributed by atoms with Crippen LogP contribution in [0.25, 0.3) is 22.4 Å². The zero-order valence-corrected chi connectivity index (χ0v) is 12.6. The fourth-order valence-electron chi connectivity index (χ4n) is 2.31. The second-order valence-electron chi connectivity index (χ2n) is 4.85. The van der Waals surface area contributed by atoms with E-state index in [4.69, 9.17) is 0 Å². The summed E-state index contributed by atoms with van der Waals surface area (Å²) in [5.74, 6) is 0.246. The van der Waals surface area contributed by atoms with Crippen LogP contribution in [0.4, 0.5) is 5.82 Å². The molecule has 116 valence electrons. The number of ether oxygens (including phenoxy) is 1. The third-order valence-electron chi connectivity index (χ3n) is 3.43. The number of hydrogen-bond donors (Lipinski definition) is 2. The quantitative estimate of drug-likeness (QED) is 0.708. The van der Waals surface area contributed by atoms with E-state index >= 15 is 0 Å². The van der Waals surface area contributed by atoms with Gasteiger partial charge in [-0.1, -0.05) is 30.3 Å². The van der Waals surface area contributed by atoms with E-state index in [1.54, 1.807) is 12.4 Å². The van der Waals surface area contributed by atoms with Gasteiger partial charge in [-0.3, -0.25) is 14.9 Å². The van der Waals surface area contributed by atoms with Gasteiger partial charge >= 0.3 is 5.97 Å². The van der Waals surface area contributed by atoms with E-state index in [1.807, 2.05) is 42.5 Å². The summed E-state index contributed by atoms with van der Waals surface area (Å²) >= 11 is 0. The van der Waals surface area contributed by atoms with Crippen molar-refractivity contribution < 1.29 is 9.53 Å². The lowest BCUT2D eigenvalue weighted by atomic mass is 10.0. The summed E-state index contributed by atoms with van der Waals surface area (Å²) in [6.07, 6.45) is 3.45. The zero-order chi connectivity index (χ0) is 16.1. The van der Waals surface area contributed by atoms with E-state index in [1.165, 1.54) is 7.11 Å². The molecular formula is C17H16N4O2. The first-order chi connectivity index (χ1) is 11.3. The van der Waals surface area contributed by atoms with Gasteiger partial charge < -0.3 is 10.1 Å². The van der Waals surface area contributed by atoms with Crippen molar-refractivity contribution in [1.29, 1.82) is 0 Å². The molecule has 0 spiro atoms. The predicted molar refractivity (Wildman–Crippen MR) is 87.8 cm³/mol. The minimum absolute atomic E-state index is 0.0493. The van der Waals surface area contributed by atoms with Gasteiger partial charge in [0, 0.05) is 18.0 Å². The monoisotopic (exact) mass is 308 g/mol. The largest absolute Gasteiger partial charge is 0.468 e. The Balaban J connectivity index is 2.04. The number of aromatic amines is 1. The fraction of sp³-hybridized carbons (Fsp3) is 0.118. The highest BCUT2D eigenvalue weighted by atomic mass is 16.5. The van der Waals surface area contributed by atoms with Gasteiger partial charge in [-0.15, -0.1) is 0 Å². The number of methoxy groups -OCH3 is 1. The van der Waals surface area contributed by atoms with Gasteiger partial charge in [0.1, 0.15) is 6.54 Å². The summed E-state index contributed by atoms with van der Waals surface area (Å²) in [4.78, 5) is 15.4. The van der Waals surface area contributed by atoms with Crippen LogP contribution in [0.2, 0.25) is 0 Å². The average Bonchev–Trinajstić information content (AvgIpc) is 3.05. The molecule has 0 bridgehead atoms. The summed E-state index contributed by atoms with van der Waals surface area (Å²) in [6.45, 7) is 0.0493. The van der Waals surface area contributed by atoms with E-state index in [9.17, 15) is 4.79 Å². The van der Waals surface area contributed by atoms with Crippen LogP contribution in [0.3, 0.4) is 0 Å². The molecule has 2 N–H and O–H groups in total. The molecule has 2 heterocycles. The molecule has 0 saturated carbocycles. The molecule has 0 radical (unpaired) electrons. The van der Waals surface area contributed by atoms with E-state index in [0.29, 0.717) is 5.82 Å². The maximum atomic E-state index is 11.4. The fourth-order valence-corrected chi connectivity index (χ4v) is 2.31. The van der Waals surface area contributed by atoms with Crippen LogP contribution in [0.5, 0.6) is 0 Å². The first-order valence-corrected chi connectivity index (χ1v) is 7.14. The van der Waals surface area contributed by atoms with Gasteiger partial charge in [0.05, 0.1) is 18.4 Å². The molecule has 1 aromatic carbocycles. The topological polar surface area (TPSA) is 79.9 Å². The Morgan fingerprint density at radius 3 is 2.57 bits per heavy atom. The lowest BCUT2D eigenvalue weighted by Gasteiger charge is -2.07. The molecule has 0 unspecified atom stereocenters. The molecule has 6 nitrogen and oxygen atoms in total. The second-order valence-corrected chi connectivity index (χ2v) is 4.85. The molecule has 0 aliphatic heterocycles. The van der Waals surface area contributed by atoms with Gasteiger partial charge in [0.15, 0.2) is 5.82 Å². The summed E-state index contributed by atoms with van der Waals surface area (Å²) in [5.41, 5.74) is 3.74. The van der Waals surface area contributed by atoms with Crippen molar-refractivity contribution in [2.45, 2.75) is 0 Å². The molecule has 0 fully saturated rings. The highest BCUT2D eigenvalue weighted by molar-refractivity contribution is 5.89. The highest BCUT2D eigenvalue weighted by Gasteiger charge is 2.17. The number of rotatable bonds is 5. The summed E-state index contributed by atoms with van der Waals surface area (Å²) in [5, 5.41) is 10.4. The number of nitrogens with zero attached hydrogens (tertiary/aromatic N) is 2. The number of carbonyl (C=O) groups excluding carboxylic acids is 1. The first kappa shape index (κ1) is 14.8. The molecule has 23 heavy (non-hydrogen) atoms. The zero-order valence-electron chi connectivity index (χ0n) is 12.6. The molecule has 3 aromatic rings. The number of H-pyrrole nitrogens is 1. The van der Waals surface area contributed by atoms with E-state index in [2.05, 4.69) is 25.2 Å². The van der Waals surface area contributed by atoms with Gasteiger partial charge in [-0.2, -0.15) is 5.10 Å². The molecule has 0 saturated heterocycles. The van der Waals surface area contributed by atoms with Gasteiger partial charge in [0.2, 0.25) is 0 Å². The third-order valence-corrected chi connectivity index (χ3v) is 3.43. The van der Waals surface area contributed by atoms with Crippen molar-refractivity contribution in [3.8, 4) is 22.4 Å². The van der Waals surface area contributed by atoms with Crippen LogP contribution in [0, 0.1) is 0 Å². The van der Waals surface area contributed by atoms with Crippen LogP contribution in [-0.4, -0.2) is 34.8 Å². The van der Waals surface area contributed by atoms with Crippen LogP contribution < -0.4 is 5.32 Å². The number of pyridine rings is 1. The van der Waals surface area contributed by atoms with Crippen molar-refractivity contribution in [2.75, 3.05) is 19.0 Å². The van der Waals surface area contributed by atoms with Gasteiger partial charge in [-0.05, 0) is 17.7 Å².